The van der Waals surface area contributed by atoms with Gasteiger partial charge in [-0.05, 0) is 12.1 Å². The third-order valence-electron chi connectivity index (χ3n) is 1.82. The molecular weight excluding hydrogens is 173 g/mol. The van der Waals surface area contributed by atoms with Gasteiger partial charge in [0, 0.05) is 15.4 Å². The first-order valence-electron chi connectivity index (χ1n) is 3.72. The van der Waals surface area contributed by atoms with Crippen LogP contribution in [0.3, 0.4) is 0 Å². The lowest BCUT2D eigenvalue weighted by Gasteiger charge is -1.86. The fourth-order valence-electron chi connectivity index (χ4n) is 1.22. The van der Waals surface area contributed by atoms with Crippen LogP contribution in [0.1, 0.15) is 10.5 Å². The molecule has 0 aliphatic heterocycles. The summed E-state index contributed by atoms with van der Waals surface area (Å²) in [5.41, 5.74) is 0.895. The monoisotopic (exact) mass is 179 g/mol. The number of benzene rings is 1. The molecule has 66 valence electrons. The largest absolute Gasteiger partial charge is 0.395 e. The number of nitrogens with one attached hydrogen (secondary N) is 1. The SMILES string of the molecule is O=C(OF)c1cc2ccccc2[nH]1. The number of fused-ring (bicyclic) bond motifs is 1. The molecule has 0 bridgehead atoms. The number of halogens is 1. The zero-order valence-electron chi connectivity index (χ0n) is 6.58. The molecule has 2 aromatic rings. The van der Waals surface area contributed by atoms with E-state index >= 15 is 0 Å². The van der Waals surface area contributed by atoms with Crippen molar-refractivity contribution in [2.75, 3.05) is 0 Å². The van der Waals surface area contributed by atoms with E-state index in [0.29, 0.717) is 0 Å². The molecule has 0 saturated carbocycles. The van der Waals surface area contributed by atoms with E-state index in [2.05, 4.69) is 9.93 Å². The summed E-state index contributed by atoms with van der Waals surface area (Å²) in [5.74, 6) is -1.00. The number of aromatic amines is 1. The average Bonchev–Trinajstić information content (AvgIpc) is 2.59. The highest BCUT2D eigenvalue weighted by atomic mass is 19.3. The summed E-state index contributed by atoms with van der Waals surface area (Å²) in [6, 6.07) is 8.81. The van der Waals surface area contributed by atoms with Crippen LogP contribution in [-0.2, 0) is 4.94 Å². The Morgan fingerprint density at radius 2 is 2.15 bits per heavy atom. The Kier molecular flexibility index (Phi) is 1.73. The maximum absolute atomic E-state index is 11.5. The van der Waals surface area contributed by atoms with Gasteiger partial charge in [0.05, 0.1) is 0 Å². The summed E-state index contributed by atoms with van der Waals surface area (Å²) in [5, 5.41) is 0.850. The fourth-order valence-corrected chi connectivity index (χ4v) is 1.22. The van der Waals surface area contributed by atoms with Gasteiger partial charge in [-0.3, -0.25) is 0 Å². The molecule has 0 atom stereocenters. The average molecular weight is 179 g/mol. The van der Waals surface area contributed by atoms with Crippen molar-refractivity contribution in [1.82, 2.24) is 4.98 Å². The molecule has 0 aliphatic rings. The molecule has 1 aromatic carbocycles. The van der Waals surface area contributed by atoms with Crippen molar-refractivity contribution >= 4 is 16.9 Å². The van der Waals surface area contributed by atoms with E-state index in [1.54, 1.807) is 6.07 Å². The normalized spacial score (nSPS) is 10.2. The van der Waals surface area contributed by atoms with E-state index in [1.807, 2.05) is 18.2 Å². The van der Waals surface area contributed by atoms with Gasteiger partial charge in [-0.15, -0.1) is 0 Å². The molecule has 0 fully saturated rings. The van der Waals surface area contributed by atoms with Crippen molar-refractivity contribution in [3.05, 3.63) is 36.0 Å². The molecule has 0 unspecified atom stereocenters. The van der Waals surface area contributed by atoms with Gasteiger partial charge in [0.25, 0.3) is 0 Å². The Hall–Kier alpha value is -1.84. The number of para-hydroxylation sites is 1. The number of H-pyrrole nitrogens is 1. The lowest BCUT2D eigenvalue weighted by molar-refractivity contribution is -0.0792. The van der Waals surface area contributed by atoms with Crippen LogP contribution in [-0.4, -0.2) is 11.0 Å². The van der Waals surface area contributed by atoms with Crippen molar-refractivity contribution in [2.24, 2.45) is 0 Å². The third kappa shape index (κ3) is 1.26. The van der Waals surface area contributed by atoms with Gasteiger partial charge < -0.3 is 4.98 Å². The van der Waals surface area contributed by atoms with Crippen molar-refractivity contribution in [1.29, 1.82) is 0 Å². The molecule has 4 heteroatoms. The van der Waals surface area contributed by atoms with E-state index in [-0.39, 0.29) is 5.69 Å². The number of carbonyl (C=O) groups is 1. The minimum Gasteiger partial charge on any atom is -0.349 e. The number of rotatable bonds is 1. The quantitative estimate of drug-likeness (QED) is 0.729. The van der Waals surface area contributed by atoms with Crippen molar-refractivity contribution < 1.29 is 14.3 Å². The molecule has 13 heavy (non-hydrogen) atoms. The molecule has 0 spiro atoms. The summed E-state index contributed by atoms with van der Waals surface area (Å²) in [7, 11) is 0. The van der Waals surface area contributed by atoms with Crippen molar-refractivity contribution in [2.45, 2.75) is 0 Å². The first-order chi connectivity index (χ1) is 6.31. The fraction of sp³-hybridized carbons (Fsp3) is 0. The molecule has 0 saturated heterocycles. The van der Waals surface area contributed by atoms with Crippen LogP contribution in [0.25, 0.3) is 10.9 Å². The zero-order valence-corrected chi connectivity index (χ0v) is 6.58. The van der Waals surface area contributed by atoms with Crippen LogP contribution in [0.2, 0.25) is 0 Å². The summed E-state index contributed by atoms with van der Waals surface area (Å²) in [6.45, 7) is 0. The first kappa shape index (κ1) is 7.79. The first-order valence-corrected chi connectivity index (χ1v) is 3.72. The Bertz CT molecular complexity index is 417. The number of aromatic nitrogens is 1. The van der Waals surface area contributed by atoms with E-state index in [0.717, 1.165) is 10.9 Å². The van der Waals surface area contributed by atoms with E-state index in [1.165, 1.54) is 6.07 Å². The van der Waals surface area contributed by atoms with Crippen LogP contribution in [0.15, 0.2) is 30.3 Å². The van der Waals surface area contributed by atoms with Crippen LogP contribution in [0, 0.1) is 0 Å². The van der Waals surface area contributed by atoms with Gasteiger partial charge in [0.1, 0.15) is 5.69 Å². The second-order valence-corrected chi connectivity index (χ2v) is 2.63. The number of carbonyl (C=O) groups excluding carboxylic acids is 1. The highest BCUT2D eigenvalue weighted by molar-refractivity contribution is 5.94. The number of hydrogen-bond acceptors (Lipinski definition) is 2. The highest BCUT2D eigenvalue weighted by Gasteiger charge is 2.10. The lowest BCUT2D eigenvalue weighted by Crippen LogP contribution is -1.97. The number of hydrogen-bond donors (Lipinski definition) is 1. The molecule has 0 aliphatic carbocycles. The molecule has 1 heterocycles. The topological polar surface area (TPSA) is 42.1 Å². The molecule has 1 aromatic heterocycles. The molecule has 1 N–H and O–H groups in total. The van der Waals surface area contributed by atoms with Gasteiger partial charge >= 0.3 is 5.97 Å². The Labute approximate surface area is 73.0 Å². The van der Waals surface area contributed by atoms with Gasteiger partial charge in [-0.25, -0.2) is 9.74 Å². The summed E-state index contributed by atoms with van der Waals surface area (Å²) in [4.78, 5) is 16.6. The van der Waals surface area contributed by atoms with Crippen LogP contribution >= 0.6 is 0 Å². The second kappa shape index (κ2) is 2.90. The Balaban J connectivity index is 2.56. The van der Waals surface area contributed by atoms with E-state index < -0.39 is 5.97 Å². The van der Waals surface area contributed by atoms with Gasteiger partial charge in [0.15, 0.2) is 0 Å². The molecule has 3 nitrogen and oxygen atoms in total. The minimum absolute atomic E-state index is 0.115. The predicted octanol–water partition coefficient (Wildman–Crippen LogP) is 2.21. The highest BCUT2D eigenvalue weighted by Crippen LogP contribution is 2.15. The van der Waals surface area contributed by atoms with E-state index in [9.17, 15) is 9.32 Å². The van der Waals surface area contributed by atoms with Gasteiger partial charge in [0.2, 0.25) is 0 Å². The smallest absolute Gasteiger partial charge is 0.349 e. The van der Waals surface area contributed by atoms with Crippen LogP contribution < -0.4 is 0 Å². The lowest BCUT2D eigenvalue weighted by atomic mass is 10.2. The summed E-state index contributed by atoms with van der Waals surface area (Å²) >= 11 is 0. The summed E-state index contributed by atoms with van der Waals surface area (Å²) in [6.07, 6.45) is 0. The standard InChI is InChI=1S/C9H6FNO2/c10-13-9(12)8-5-6-3-1-2-4-7(6)11-8/h1-5,11H. The Morgan fingerprint density at radius 3 is 2.85 bits per heavy atom. The second-order valence-electron chi connectivity index (χ2n) is 2.63. The Morgan fingerprint density at radius 1 is 1.38 bits per heavy atom. The van der Waals surface area contributed by atoms with Gasteiger partial charge in [-0.1, -0.05) is 18.2 Å². The maximum atomic E-state index is 11.5. The maximum Gasteiger partial charge on any atom is 0.395 e. The predicted molar refractivity (Wildman–Crippen MR) is 44.8 cm³/mol. The third-order valence-corrected chi connectivity index (χ3v) is 1.82. The van der Waals surface area contributed by atoms with Crippen molar-refractivity contribution in [3.63, 3.8) is 0 Å². The molecule has 0 amide bonds. The molecular formula is C9H6FNO2. The van der Waals surface area contributed by atoms with Crippen LogP contribution in [0.5, 0.6) is 0 Å². The van der Waals surface area contributed by atoms with E-state index in [4.69, 9.17) is 0 Å². The summed E-state index contributed by atoms with van der Waals surface area (Å²) < 4.78 is 11.5. The van der Waals surface area contributed by atoms with Crippen LogP contribution in [0.4, 0.5) is 4.53 Å². The van der Waals surface area contributed by atoms with Crippen molar-refractivity contribution in [3.8, 4) is 0 Å². The zero-order chi connectivity index (χ0) is 9.26. The van der Waals surface area contributed by atoms with Gasteiger partial charge in [-0.2, -0.15) is 0 Å². The molecule has 2 rings (SSSR count). The molecule has 0 radical (unpaired) electrons. The minimum atomic E-state index is -1.00.